The van der Waals surface area contributed by atoms with Crippen LogP contribution < -0.4 is 11.3 Å². The Morgan fingerprint density at radius 2 is 2.06 bits per heavy atom. The highest BCUT2D eigenvalue weighted by Crippen LogP contribution is 2.32. The van der Waals surface area contributed by atoms with Gasteiger partial charge in [-0.05, 0) is 42.0 Å². The second kappa shape index (κ2) is 5.30. The highest BCUT2D eigenvalue weighted by atomic mass is 19.1. The Kier molecular flexibility index (Phi) is 4.30. The maximum atomic E-state index is 13.7. The second-order valence-corrected chi connectivity index (χ2v) is 4.47. The molecule has 0 unspecified atom stereocenters. The van der Waals surface area contributed by atoms with Gasteiger partial charge >= 0.3 is 0 Å². The monoisotopic (exact) mass is 224 g/mol. The van der Waals surface area contributed by atoms with Gasteiger partial charge in [0.05, 0.1) is 5.69 Å². The number of nitrogens with one attached hydrogen (secondary N) is 1. The molecule has 0 saturated carbocycles. The molecule has 1 rings (SSSR count). The zero-order valence-corrected chi connectivity index (χ0v) is 10.5. The highest BCUT2D eigenvalue weighted by Gasteiger charge is 2.16. The Hall–Kier alpha value is -1.09. The van der Waals surface area contributed by atoms with Crippen LogP contribution in [-0.2, 0) is 6.42 Å². The molecule has 0 spiro atoms. The number of benzene rings is 1. The van der Waals surface area contributed by atoms with Crippen LogP contribution >= 0.6 is 0 Å². The van der Waals surface area contributed by atoms with Gasteiger partial charge in [-0.25, -0.2) is 4.39 Å². The van der Waals surface area contributed by atoms with Gasteiger partial charge in [0, 0.05) is 0 Å². The lowest BCUT2D eigenvalue weighted by molar-refractivity contribution is 0.610. The van der Waals surface area contributed by atoms with Gasteiger partial charge in [0.2, 0.25) is 0 Å². The molecule has 0 bridgehead atoms. The SMILES string of the molecule is CCCc1c(NN)cc(F)c(C)c1C(C)C. The van der Waals surface area contributed by atoms with Crippen LogP contribution in [0.2, 0.25) is 0 Å². The number of hydrogen-bond acceptors (Lipinski definition) is 2. The summed E-state index contributed by atoms with van der Waals surface area (Å²) in [5.74, 6) is 5.58. The van der Waals surface area contributed by atoms with Crippen molar-refractivity contribution in [3.63, 3.8) is 0 Å². The highest BCUT2D eigenvalue weighted by molar-refractivity contribution is 5.58. The Morgan fingerprint density at radius 1 is 1.44 bits per heavy atom. The normalized spacial score (nSPS) is 10.9. The summed E-state index contributed by atoms with van der Waals surface area (Å²) in [7, 11) is 0. The minimum Gasteiger partial charge on any atom is -0.324 e. The summed E-state index contributed by atoms with van der Waals surface area (Å²) in [6, 6.07) is 1.49. The molecule has 0 heterocycles. The number of hydrogen-bond donors (Lipinski definition) is 2. The molecule has 90 valence electrons. The van der Waals surface area contributed by atoms with Crippen molar-refractivity contribution in [1.29, 1.82) is 0 Å². The molecule has 0 aliphatic rings. The molecule has 3 heteroatoms. The van der Waals surface area contributed by atoms with Crippen LogP contribution in [0.15, 0.2) is 6.07 Å². The smallest absolute Gasteiger partial charge is 0.128 e. The first-order chi connectivity index (χ1) is 7.52. The average molecular weight is 224 g/mol. The van der Waals surface area contributed by atoms with Crippen LogP contribution in [0.25, 0.3) is 0 Å². The van der Waals surface area contributed by atoms with Crippen LogP contribution in [0.3, 0.4) is 0 Å². The van der Waals surface area contributed by atoms with E-state index in [0.717, 1.165) is 29.5 Å². The fourth-order valence-electron chi connectivity index (χ4n) is 2.25. The first kappa shape index (κ1) is 13.0. The lowest BCUT2D eigenvalue weighted by atomic mass is 9.89. The molecule has 16 heavy (non-hydrogen) atoms. The maximum absolute atomic E-state index is 13.7. The van der Waals surface area contributed by atoms with Gasteiger partial charge in [-0.1, -0.05) is 27.2 Å². The summed E-state index contributed by atoms with van der Waals surface area (Å²) in [4.78, 5) is 0. The van der Waals surface area contributed by atoms with E-state index in [1.807, 2.05) is 6.92 Å². The summed E-state index contributed by atoms with van der Waals surface area (Å²) in [6.45, 7) is 8.12. The van der Waals surface area contributed by atoms with E-state index in [2.05, 4.69) is 26.2 Å². The van der Waals surface area contributed by atoms with Gasteiger partial charge in [-0.2, -0.15) is 0 Å². The van der Waals surface area contributed by atoms with Crippen LogP contribution in [0, 0.1) is 12.7 Å². The summed E-state index contributed by atoms with van der Waals surface area (Å²) >= 11 is 0. The van der Waals surface area contributed by atoms with Crippen molar-refractivity contribution in [2.24, 2.45) is 5.84 Å². The molecule has 1 aromatic rings. The number of halogens is 1. The van der Waals surface area contributed by atoms with E-state index in [1.54, 1.807) is 0 Å². The molecule has 0 aliphatic heterocycles. The Morgan fingerprint density at radius 3 is 2.50 bits per heavy atom. The van der Waals surface area contributed by atoms with E-state index < -0.39 is 0 Å². The number of rotatable bonds is 4. The minimum atomic E-state index is -0.184. The Bertz CT molecular complexity index is 373. The van der Waals surface area contributed by atoms with Crippen molar-refractivity contribution in [3.05, 3.63) is 28.6 Å². The summed E-state index contributed by atoms with van der Waals surface area (Å²) < 4.78 is 13.7. The van der Waals surface area contributed by atoms with Crippen molar-refractivity contribution in [2.45, 2.75) is 46.5 Å². The topological polar surface area (TPSA) is 38.0 Å². The third kappa shape index (κ3) is 2.35. The van der Waals surface area contributed by atoms with Gasteiger partial charge < -0.3 is 5.43 Å². The number of anilines is 1. The Balaban J connectivity index is 3.44. The predicted octanol–water partition coefficient (Wildman–Crippen LogP) is 3.50. The molecule has 1 aromatic carbocycles. The fourth-order valence-corrected chi connectivity index (χ4v) is 2.25. The van der Waals surface area contributed by atoms with E-state index in [1.165, 1.54) is 6.07 Å². The molecule has 0 fully saturated rings. The summed E-state index contributed by atoms with van der Waals surface area (Å²) in [5.41, 5.74) is 6.31. The van der Waals surface area contributed by atoms with E-state index in [0.29, 0.717) is 11.6 Å². The van der Waals surface area contributed by atoms with Crippen molar-refractivity contribution in [2.75, 3.05) is 5.43 Å². The minimum absolute atomic E-state index is 0.184. The first-order valence-corrected chi connectivity index (χ1v) is 5.81. The Labute approximate surface area is 97.0 Å². The molecular weight excluding hydrogens is 203 g/mol. The van der Waals surface area contributed by atoms with Crippen molar-refractivity contribution in [3.8, 4) is 0 Å². The van der Waals surface area contributed by atoms with Gasteiger partial charge in [-0.15, -0.1) is 0 Å². The molecule has 2 nitrogen and oxygen atoms in total. The predicted molar refractivity (Wildman–Crippen MR) is 67.0 cm³/mol. The largest absolute Gasteiger partial charge is 0.324 e. The van der Waals surface area contributed by atoms with Gasteiger partial charge in [0.15, 0.2) is 0 Å². The van der Waals surface area contributed by atoms with E-state index >= 15 is 0 Å². The van der Waals surface area contributed by atoms with Crippen molar-refractivity contribution in [1.82, 2.24) is 0 Å². The van der Waals surface area contributed by atoms with Crippen LogP contribution in [-0.4, -0.2) is 0 Å². The van der Waals surface area contributed by atoms with Crippen LogP contribution in [0.5, 0.6) is 0 Å². The van der Waals surface area contributed by atoms with E-state index in [4.69, 9.17) is 5.84 Å². The molecular formula is C13H21FN2. The quantitative estimate of drug-likeness (QED) is 0.607. The summed E-state index contributed by atoms with van der Waals surface area (Å²) in [6.07, 6.45) is 1.95. The van der Waals surface area contributed by atoms with Crippen LogP contribution in [0.4, 0.5) is 10.1 Å². The van der Waals surface area contributed by atoms with Crippen LogP contribution in [0.1, 0.15) is 49.8 Å². The van der Waals surface area contributed by atoms with Crippen molar-refractivity contribution < 1.29 is 4.39 Å². The number of nitrogen functional groups attached to an aromatic ring is 1. The lowest BCUT2D eigenvalue weighted by Crippen LogP contribution is -2.13. The number of nitrogens with two attached hydrogens (primary N) is 1. The lowest BCUT2D eigenvalue weighted by Gasteiger charge is -2.20. The molecule has 0 amide bonds. The molecule has 0 aliphatic carbocycles. The second-order valence-electron chi connectivity index (χ2n) is 4.47. The van der Waals surface area contributed by atoms with Crippen molar-refractivity contribution >= 4 is 5.69 Å². The molecule has 3 N–H and O–H groups in total. The molecule has 0 radical (unpaired) electrons. The molecule has 0 atom stereocenters. The van der Waals surface area contributed by atoms with Gasteiger partial charge in [0.1, 0.15) is 5.82 Å². The summed E-state index contributed by atoms with van der Waals surface area (Å²) in [5, 5.41) is 0. The molecule has 0 aromatic heterocycles. The average Bonchev–Trinajstić information content (AvgIpc) is 2.23. The third-order valence-corrected chi connectivity index (χ3v) is 2.92. The fraction of sp³-hybridized carbons (Fsp3) is 0.538. The van der Waals surface area contributed by atoms with Gasteiger partial charge in [-0.3, -0.25) is 5.84 Å². The zero-order valence-electron chi connectivity index (χ0n) is 10.5. The number of hydrazine groups is 1. The standard InChI is InChI=1S/C13H21FN2/c1-5-6-10-12(16-15)7-11(14)9(4)13(10)8(2)3/h7-8,16H,5-6,15H2,1-4H3. The molecule has 0 saturated heterocycles. The maximum Gasteiger partial charge on any atom is 0.128 e. The van der Waals surface area contributed by atoms with E-state index in [-0.39, 0.29) is 5.82 Å². The van der Waals surface area contributed by atoms with E-state index in [9.17, 15) is 4.39 Å². The van der Waals surface area contributed by atoms with Gasteiger partial charge in [0.25, 0.3) is 0 Å². The zero-order chi connectivity index (χ0) is 12.3. The third-order valence-electron chi connectivity index (χ3n) is 2.92. The first-order valence-electron chi connectivity index (χ1n) is 5.81.